The minimum Gasteiger partial charge on any atom is -0.258 e. The van der Waals surface area contributed by atoms with Crippen LogP contribution in [0.2, 0.25) is 0 Å². The first-order valence-electron chi connectivity index (χ1n) is 10.4. The fourth-order valence-electron chi connectivity index (χ4n) is 5.15. The third-order valence-corrected chi connectivity index (χ3v) is 6.49. The third kappa shape index (κ3) is 2.93. The monoisotopic (exact) mass is 470 g/mol. The van der Waals surface area contributed by atoms with Gasteiger partial charge in [-0.05, 0) is 69.5 Å². The maximum atomic E-state index is 11.4. The van der Waals surface area contributed by atoms with E-state index in [1.165, 1.54) is 24.3 Å². The Morgan fingerprint density at radius 1 is 0.778 bits per heavy atom. The van der Waals surface area contributed by atoms with Gasteiger partial charge in [-0.15, -0.1) is 0 Å². The van der Waals surface area contributed by atoms with Crippen LogP contribution in [-0.4, -0.2) is 9.85 Å². The summed E-state index contributed by atoms with van der Waals surface area (Å²) in [6.45, 7) is 15.3. The number of non-ortho nitro benzene ring substituents is 2. The zero-order valence-corrected chi connectivity index (χ0v) is 18.2. The zero-order chi connectivity index (χ0) is 25.7. The van der Waals surface area contributed by atoms with Crippen molar-refractivity contribution in [2.75, 3.05) is 0 Å². The zero-order valence-electron chi connectivity index (χ0n) is 18.2. The van der Waals surface area contributed by atoms with Gasteiger partial charge in [0.25, 0.3) is 22.8 Å². The Bertz CT molecular complexity index is 1720. The van der Waals surface area contributed by atoms with Crippen LogP contribution < -0.4 is 10.4 Å². The molecule has 2 aliphatic carbocycles. The van der Waals surface area contributed by atoms with Crippen LogP contribution >= 0.6 is 0 Å². The van der Waals surface area contributed by atoms with E-state index in [2.05, 4.69) is 9.69 Å². The van der Waals surface area contributed by atoms with Crippen molar-refractivity contribution in [1.82, 2.24) is 0 Å². The molecule has 0 aromatic heterocycles. The summed E-state index contributed by atoms with van der Waals surface area (Å²) >= 11 is 0. The smallest absolute Gasteiger partial charge is 0.258 e. The summed E-state index contributed by atoms with van der Waals surface area (Å²) in [6.07, 6.45) is 0.309. The number of nitro benzene ring substituents is 2. The van der Waals surface area contributed by atoms with Crippen LogP contribution in [0, 0.1) is 56.0 Å². The summed E-state index contributed by atoms with van der Waals surface area (Å²) in [5.74, 6) is 0. The van der Waals surface area contributed by atoms with Gasteiger partial charge < -0.3 is 0 Å². The number of rotatable bonds is 2. The lowest BCUT2D eigenvalue weighted by atomic mass is 9.90. The van der Waals surface area contributed by atoms with E-state index in [-0.39, 0.29) is 35.6 Å². The molecule has 0 saturated heterocycles. The van der Waals surface area contributed by atoms with Crippen molar-refractivity contribution < 1.29 is 9.85 Å². The highest BCUT2D eigenvalue weighted by atomic mass is 16.6. The van der Waals surface area contributed by atoms with E-state index in [0.717, 1.165) is 0 Å². The average Bonchev–Trinajstić information content (AvgIpc) is 3.43. The van der Waals surface area contributed by atoms with E-state index in [1.807, 2.05) is 12.1 Å². The summed E-state index contributed by atoms with van der Waals surface area (Å²) in [4.78, 5) is 28.6. The van der Waals surface area contributed by atoms with Gasteiger partial charge in [0.1, 0.15) is 0 Å². The molecule has 0 unspecified atom stereocenters. The van der Waals surface area contributed by atoms with Crippen molar-refractivity contribution in [3.63, 3.8) is 0 Å². The largest absolute Gasteiger partial charge is 0.269 e. The molecule has 168 valence electrons. The van der Waals surface area contributed by atoms with Gasteiger partial charge in [0.15, 0.2) is 0 Å². The predicted octanol–water partition coefficient (Wildman–Crippen LogP) is 3.75. The summed E-state index contributed by atoms with van der Waals surface area (Å²) in [5, 5.41) is 43.0. The van der Waals surface area contributed by atoms with E-state index >= 15 is 0 Å². The molecule has 10 heteroatoms. The Labute approximate surface area is 202 Å². The first-order chi connectivity index (χ1) is 17.3. The number of nitrogens with zero attached hydrogens (tertiary/aromatic N) is 6. The van der Waals surface area contributed by atoms with Crippen molar-refractivity contribution >= 4 is 22.8 Å². The van der Waals surface area contributed by atoms with Crippen molar-refractivity contribution in [2.45, 2.75) is 12.8 Å². The van der Waals surface area contributed by atoms with E-state index in [4.69, 9.17) is 13.1 Å². The van der Waals surface area contributed by atoms with Gasteiger partial charge in [0.05, 0.1) is 35.1 Å². The molecule has 0 amide bonds. The molecule has 3 aromatic carbocycles. The van der Waals surface area contributed by atoms with E-state index in [9.17, 15) is 30.8 Å². The molecule has 0 saturated carbocycles. The number of fused-ring (bicyclic) bond motifs is 6. The van der Waals surface area contributed by atoms with Crippen molar-refractivity contribution in [3.05, 3.63) is 112 Å². The molecule has 0 radical (unpaired) electrons. The Kier molecular flexibility index (Phi) is 4.81. The fourth-order valence-corrected chi connectivity index (χ4v) is 5.15. The lowest BCUT2D eigenvalue weighted by molar-refractivity contribution is -0.385. The molecule has 36 heavy (non-hydrogen) atoms. The van der Waals surface area contributed by atoms with Gasteiger partial charge in [-0.25, -0.2) is 20.2 Å². The highest BCUT2D eigenvalue weighted by Crippen LogP contribution is 2.42. The number of nitro groups is 2. The molecule has 0 atom stereocenters. The van der Waals surface area contributed by atoms with Crippen molar-refractivity contribution in [3.8, 4) is 34.4 Å². The summed E-state index contributed by atoms with van der Waals surface area (Å²) < 4.78 is 0. The van der Waals surface area contributed by atoms with Gasteiger partial charge in [-0.1, -0.05) is 0 Å². The average molecular weight is 470 g/mol. The second kappa shape index (κ2) is 7.88. The number of hydrogen-bond donors (Lipinski definition) is 0. The fraction of sp³-hybridized carbons (Fsp3) is 0.0769. The van der Waals surface area contributed by atoms with Crippen molar-refractivity contribution in [2.24, 2.45) is 0 Å². The molecule has 10 nitrogen and oxygen atoms in total. The van der Waals surface area contributed by atoms with Gasteiger partial charge >= 0.3 is 0 Å². The Balaban J connectivity index is 2.03. The molecule has 0 heterocycles. The lowest BCUT2D eigenvalue weighted by Gasteiger charge is -2.13. The molecule has 0 bridgehead atoms. The molecule has 3 aromatic rings. The molecule has 5 rings (SSSR count). The second-order valence-corrected chi connectivity index (χ2v) is 8.15. The molecular formula is C26H10N6O4. The molecular weight excluding hydrogens is 460 g/mol. The van der Waals surface area contributed by atoms with Crippen LogP contribution in [-0.2, 0) is 12.8 Å². The lowest BCUT2D eigenvalue weighted by Crippen LogP contribution is -2.25. The Hall–Kier alpha value is -5.84. The second-order valence-electron chi connectivity index (χ2n) is 8.15. The molecule has 0 N–H and O–H groups in total. The van der Waals surface area contributed by atoms with Crippen LogP contribution in [0.5, 0.6) is 0 Å². The standard InChI is InChI=1S/C26H10N6O4/c1-29-21(11-27)25-19-9-13-7-16(32(35)36)4-6-18(13)24(19)26(22(12-28)30-2)20-10-14-8-15(31(33)34)3-5-17(14)23(20)25/h3-8H,9-10H2/b25-21-,26-22+. The minimum atomic E-state index is -0.522. The summed E-state index contributed by atoms with van der Waals surface area (Å²) in [7, 11) is 0. The van der Waals surface area contributed by atoms with E-state index in [1.54, 1.807) is 12.1 Å². The van der Waals surface area contributed by atoms with Gasteiger partial charge in [0.2, 0.25) is 0 Å². The van der Waals surface area contributed by atoms with Crippen molar-refractivity contribution in [1.29, 1.82) is 10.5 Å². The van der Waals surface area contributed by atoms with Gasteiger partial charge in [-0.2, -0.15) is 0 Å². The van der Waals surface area contributed by atoms with Gasteiger partial charge in [0, 0.05) is 34.7 Å². The molecule has 0 aliphatic heterocycles. The normalized spacial score (nSPS) is 13.4. The molecule has 0 fully saturated rings. The van der Waals surface area contributed by atoms with Gasteiger partial charge in [-0.3, -0.25) is 20.2 Å². The van der Waals surface area contributed by atoms with Crippen LogP contribution in [0.4, 0.5) is 11.4 Å². The number of benzene rings is 3. The first-order valence-corrected chi connectivity index (χ1v) is 10.4. The minimum absolute atomic E-state index is 0.126. The predicted molar refractivity (Wildman–Crippen MR) is 127 cm³/mol. The maximum Gasteiger partial charge on any atom is 0.269 e. The quantitative estimate of drug-likeness (QED) is 0.218. The highest BCUT2D eigenvalue weighted by molar-refractivity contribution is 5.93. The number of hydrogen-bond acceptors (Lipinski definition) is 6. The van der Waals surface area contributed by atoms with Crippen LogP contribution in [0.3, 0.4) is 0 Å². The third-order valence-electron chi connectivity index (χ3n) is 6.49. The maximum absolute atomic E-state index is 11.4. The van der Waals surface area contributed by atoms with Crippen LogP contribution in [0.15, 0.2) is 36.4 Å². The highest BCUT2D eigenvalue weighted by Gasteiger charge is 2.33. The van der Waals surface area contributed by atoms with E-state index < -0.39 is 9.85 Å². The summed E-state index contributed by atoms with van der Waals surface area (Å²) in [6, 6.07) is 12.5. The SMILES string of the molecule is [C-]#[N+]/C(C#N)=c1/c2c(/c(=C(\C#N)[N+]#[C-])c3c1-c1ccc([N+](=O)[O-])cc1C3)-c1ccc([N+](=O)[O-])cc1C2. The number of nitriles is 2. The van der Waals surface area contributed by atoms with Crippen LogP contribution in [0.25, 0.3) is 43.3 Å². The summed E-state index contributed by atoms with van der Waals surface area (Å²) in [5.41, 5.74) is 3.68. The Morgan fingerprint density at radius 2 is 1.17 bits per heavy atom. The first kappa shape index (κ1) is 22.0. The van der Waals surface area contributed by atoms with Crippen LogP contribution in [0.1, 0.15) is 22.3 Å². The topological polar surface area (TPSA) is 143 Å². The molecule has 2 aliphatic rings. The Morgan fingerprint density at radius 3 is 1.47 bits per heavy atom. The van der Waals surface area contributed by atoms with E-state index in [0.29, 0.717) is 54.9 Å². The molecule has 0 spiro atoms.